The summed E-state index contributed by atoms with van der Waals surface area (Å²) in [5.74, 6) is 0.464. The van der Waals surface area contributed by atoms with Crippen LogP contribution in [-0.2, 0) is 0 Å². The van der Waals surface area contributed by atoms with Gasteiger partial charge >= 0.3 is 0 Å². The zero-order valence-electron chi connectivity index (χ0n) is 14.1. The standard InChI is InChI=1S/C20H25NO.ClH/c1-4-18(16-11-7-5-8-12-16)19(15-21(2)3)20(22)17-13-9-6-10-14-17;/h5-14,18-19H,4,15H2,1-3H3;1H/t18-,19-;/m1./s1. The van der Waals surface area contributed by atoms with Crippen molar-refractivity contribution >= 4 is 18.2 Å². The lowest BCUT2D eigenvalue weighted by atomic mass is 9.79. The van der Waals surface area contributed by atoms with Gasteiger partial charge in [-0.1, -0.05) is 67.6 Å². The molecule has 0 unspecified atom stereocenters. The van der Waals surface area contributed by atoms with Crippen LogP contribution in [0.25, 0.3) is 0 Å². The van der Waals surface area contributed by atoms with E-state index in [2.05, 4.69) is 36.1 Å². The minimum Gasteiger partial charge on any atom is -0.309 e. The predicted molar refractivity (Wildman–Crippen MR) is 99.5 cm³/mol. The van der Waals surface area contributed by atoms with Gasteiger partial charge in [-0.05, 0) is 32.0 Å². The van der Waals surface area contributed by atoms with E-state index in [-0.39, 0.29) is 30.0 Å². The van der Waals surface area contributed by atoms with Crippen molar-refractivity contribution in [1.82, 2.24) is 4.90 Å². The predicted octanol–water partition coefficient (Wildman–Crippen LogP) is 4.66. The molecule has 23 heavy (non-hydrogen) atoms. The fraction of sp³-hybridized carbons (Fsp3) is 0.350. The zero-order valence-corrected chi connectivity index (χ0v) is 14.9. The van der Waals surface area contributed by atoms with Crippen molar-refractivity contribution in [3.05, 3.63) is 71.8 Å². The molecule has 2 nitrogen and oxygen atoms in total. The molecule has 0 aliphatic heterocycles. The monoisotopic (exact) mass is 331 g/mol. The summed E-state index contributed by atoms with van der Waals surface area (Å²) in [7, 11) is 4.06. The molecule has 2 aromatic rings. The Balaban J connectivity index is 0.00000264. The van der Waals surface area contributed by atoms with Crippen LogP contribution in [0.4, 0.5) is 0 Å². The molecule has 0 radical (unpaired) electrons. The molecule has 0 saturated carbocycles. The number of nitrogens with zero attached hydrogens (tertiary/aromatic N) is 1. The molecule has 0 spiro atoms. The third-order valence-corrected chi connectivity index (χ3v) is 4.11. The summed E-state index contributed by atoms with van der Waals surface area (Å²) in [6.45, 7) is 2.93. The number of hydrogen-bond donors (Lipinski definition) is 0. The smallest absolute Gasteiger partial charge is 0.167 e. The highest BCUT2D eigenvalue weighted by Crippen LogP contribution is 2.31. The summed E-state index contributed by atoms with van der Waals surface area (Å²) in [5, 5.41) is 0. The Morgan fingerprint density at radius 1 is 0.957 bits per heavy atom. The van der Waals surface area contributed by atoms with E-state index in [1.54, 1.807) is 0 Å². The topological polar surface area (TPSA) is 20.3 Å². The molecule has 0 aliphatic carbocycles. The maximum absolute atomic E-state index is 13.0. The highest BCUT2D eigenvalue weighted by atomic mass is 35.5. The first-order valence-electron chi connectivity index (χ1n) is 7.92. The molecule has 2 atom stereocenters. The average molecular weight is 332 g/mol. The molecule has 0 bridgehead atoms. The summed E-state index contributed by atoms with van der Waals surface area (Å²) in [5.41, 5.74) is 2.06. The van der Waals surface area contributed by atoms with E-state index in [4.69, 9.17) is 0 Å². The van der Waals surface area contributed by atoms with Gasteiger partial charge in [0.05, 0.1) is 0 Å². The van der Waals surface area contributed by atoms with E-state index in [9.17, 15) is 4.79 Å². The lowest BCUT2D eigenvalue weighted by Gasteiger charge is -2.28. The molecule has 124 valence electrons. The van der Waals surface area contributed by atoms with Gasteiger partial charge in [-0.15, -0.1) is 12.4 Å². The third kappa shape index (κ3) is 5.19. The van der Waals surface area contributed by atoms with E-state index in [1.165, 1.54) is 5.56 Å². The van der Waals surface area contributed by atoms with E-state index < -0.39 is 0 Å². The van der Waals surface area contributed by atoms with Crippen molar-refractivity contribution in [3.63, 3.8) is 0 Å². The van der Waals surface area contributed by atoms with Gasteiger partial charge in [0.1, 0.15) is 0 Å². The Labute approximate surface area is 145 Å². The maximum Gasteiger partial charge on any atom is 0.167 e. The van der Waals surface area contributed by atoms with Crippen LogP contribution in [0.2, 0.25) is 0 Å². The second kappa shape index (κ2) is 9.49. The molecule has 0 fully saturated rings. The van der Waals surface area contributed by atoms with Crippen molar-refractivity contribution in [3.8, 4) is 0 Å². The van der Waals surface area contributed by atoms with Gasteiger partial charge in [-0.25, -0.2) is 0 Å². The van der Waals surface area contributed by atoms with Crippen LogP contribution in [0.1, 0.15) is 35.2 Å². The Kier molecular flexibility index (Phi) is 8.01. The molecule has 0 N–H and O–H groups in total. The minimum atomic E-state index is -0.0233. The van der Waals surface area contributed by atoms with Crippen LogP contribution in [-0.4, -0.2) is 31.3 Å². The van der Waals surface area contributed by atoms with Crippen molar-refractivity contribution in [1.29, 1.82) is 0 Å². The maximum atomic E-state index is 13.0. The lowest BCUT2D eigenvalue weighted by molar-refractivity contribution is 0.0870. The van der Waals surface area contributed by atoms with Gasteiger partial charge in [-0.3, -0.25) is 4.79 Å². The molecule has 0 aliphatic rings. The number of hydrogen-bond acceptors (Lipinski definition) is 2. The van der Waals surface area contributed by atoms with Crippen LogP contribution >= 0.6 is 12.4 Å². The van der Waals surface area contributed by atoms with Crippen molar-refractivity contribution in [2.24, 2.45) is 5.92 Å². The van der Waals surface area contributed by atoms with Crippen LogP contribution in [0.5, 0.6) is 0 Å². The van der Waals surface area contributed by atoms with E-state index in [0.29, 0.717) is 0 Å². The number of halogens is 1. The van der Waals surface area contributed by atoms with Gasteiger partial charge in [0, 0.05) is 18.0 Å². The first-order valence-corrected chi connectivity index (χ1v) is 7.92. The van der Waals surface area contributed by atoms with Crippen LogP contribution in [0, 0.1) is 5.92 Å². The number of benzene rings is 2. The molecule has 0 saturated heterocycles. The van der Waals surface area contributed by atoms with E-state index >= 15 is 0 Å². The first-order chi connectivity index (χ1) is 10.6. The van der Waals surface area contributed by atoms with Gasteiger partial charge in [0.25, 0.3) is 0 Å². The summed E-state index contributed by atoms with van der Waals surface area (Å²) in [4.78, 5) is 15.1. The van der Waals surface area contributed by atoms with E-state index in [0.717, 1.165) is 18.5 Å². The van der Waals surface area contributed by atoms with Crippen LogP contribution in [0.15, 0.2) is 60.7 Å². The van der Waals surface area contributed by atoms with Gasteiger partial charge in [-0.2, -0.15) is 0 Å². The summed E-state index contributed by atoms with van der Waals surface area (Å²) in [6.07, 6.45) is 0.959. The van der Waals surface area contributed by atoms with Gasteiger partial charge in [0.15, 0.2) is 5.78 Å². The SMILES string of the molecule is CC[C@H](c1ccccc1)[C@@H](CN(C)C)C(=O)c1ccccc1.Cl. The van der Waals surface area contributed by atoms with Gasteiger partial charge < -0.3 is 4.90 Å². The van der Waals surface area contributed by atoms with Crippen LogP contribution in [0.3, 0.4) is 0 Å². The molecule has 0 aromatic heterocycles. The number of rotatable bonds is 7. The Hall–Kier alpha value is -1.64. The Morgan fingerprint density at radius 2 is 1.48 bits per heavy atom. The molecule has 0 heterocycles. The summed E-state index contributed by atoms with van der Waals surface area (Å²) in [6, 6.07) is 20.1. The van der Waals surface area contributed by atoms with Gasteiger partial charge in [0.2, 0.25) is 0 Å². The largest absolute Gasteiger partial charge is 0.309 e. The van der Waals surface area contributed by atoms with Crippen molar-refractivity contribution in [2.45, 2.75) is 19.3 Å². The number of carbonyl (C=O) groups is 1. The summed E-state index contributed by atoms with van der Waals surface area (Å²) < 4.78 is 0. The quantitative estimate of drug-likeness (QED) is 0.687. The fourth-order valence-corrected chi connectivity index (χ4v) is 3.06. The molecule has 3 heteroatoms. The number of carbonyl (C=O) groups excluding carboxylic acids is 1. The Bertz CT molecular complexity index is 583. The van der Waals surface area contributed by atoms with E-state index in [1.807, 2.05) is 50.5 Å². The molecule has 2 aromatic carbocycles. The second-order valence-electron chi connectivity index (χ2n) is 6.02. The van der Waals surface area contributed by atoms with Crippen LogP contribution < -0.4 is 0 Å². The summed E-state index contributed by atoms with van der Waals surface area (Å²) >= 11 is 0. The highest BCUT2D eigenvalue weighted by Gasteiger charge is 2.29. The average Bonchev–Trinajstić information content (AvgIpc) is 2.55. The normalized spacial score (nSPS) is 13.2. The number of Topliss-reactive ketones (excluding diaryl/α,β-unsaturated/α-hetero) is 1. The second-order valence-corrected chi connectivity index (χ2v) is 6.02. The van der Waals surface area contributed by atoms with Crippen molar-refractivity contribution < 1.29 is 4.79 Å². The fourth-order valence-electron chi connectivity index (χ4n) is 3.06. The molecule has 0 amide bonds. The highest BCUT2D eigenvalue weighted by molar-refractivity contribution is 5.98. The Morgan fingerprint density at radius 3 is 1.96 bits per heavy atom. The first kappa shape index (κ1) is 19.4. The minimum absolute atomic E-state index is 0. The zero-order chi connectivity index (χ0) is 15.9. The molecule has 2 rings (SSSR count). The van der Waals surface area contributed by atoms with Crippen molar-refractivity contribution in [2.75, 3.05) is 20.6 Å². The number of ketones is 1. The lowest BCUT2D eigenvalue weighted by Crippen LogP contribution is -2.32. The molecular formula is C20H26ClNO. The third-order valence-electron chi connectivity index (χ3n) is 4.11. The molecular weight excluding hydrogens is 306 g/mol.